The smallest absolute Gasteiger partial charge is 0.123 e. The second kappa shape index (κ2) is 7.09. The van der Waals surface area contributed by atoms with Gasteiger partial charge in [-0.1, -0.05) is 32.0 Å². The monoisotopic (exact) mass is 276 g/mol. The molecular formula is C17H28N2O. The van der Waals surface area contributed by atoms with E-state index < -0.39 is 0 Å². The van der Waals surface area contributed by atoms with Gasteiger partial charge in [-0.15, -0.1) is 0 Å². The van der Waals surface area contributed by atoms with Gasteiger partial charge in [0.15, 0.2) is 0 Å². The molecule has 2 unspecified atom stereocenters. The first-order valence-corrected chi connectivity index (χ1v) is 7.71. The molecule has 2 atom stereocenters. The third-order valence-corrected chi connectivity index (χ3v) is 4.39. The van der Waals surface area contributed by atoms with Gasteiger partial charge >= 0.3 is 0 Å². The van der Waals surface area contributed by atoms with Gasteiger partial charge in [0.05, 0.1) is 7.11 Å². The molecule has 0 radical (unpaired) electrons. The second-order valence-electron chi connectivity index (χ2n) is 6.18. The number of nitrogens with one attached hydrogen (secondary N) is 1. The predicted molar refractivity (Wildman–Crippen MR) is 84.1 cm³/mol. The summed E-state index contributed by atoms with van der Waals surface area (Å²) in [6.45, 7) is 10.1. The fourth-order valence-electron chi connectivity index (χ4n) is 2.88. The quantitative estimate of drug-likeness (QED) is 0.915. The van der Waals surface area contributed by atoms with Crippen molar-refractivity contribution in [2.24, 2.45) is 5.92 Å². The summed E-state index contributed by atoms with van der Waals surface area (Å²) in [6.07, 6.45) is 1.21. The molecule has 1 aromatic rings. The molecule has 1 aliphatic rings. The summed E-state index contributed by atoms with van der Waals surface area (Å²) in [7, 11) is 1.75. The zero-order chi connectivity index (χ0) is 14.5. The first-order chi connectivity index (χ1) is 9.61. The molecular weight excluding hydrogens is 248 g/mol. The third-order valence-electron chi connectivity index (χ3n) is 4.39. The minimum atomic E-state index is 0.578. The molecule has 0 bridgehead atoms. The first kappa shape index (κ1) is 15.3. The number of hydrogen-bond acceptors (Lipinski definition) is 3. The number of rotatable bonds is 4. The minimum Gasteiger partial charge on any atom is -0.496 e. The van der Waals surface area contributed by atoms with Crippen LogP contribution in [0.4, 0.5) is 0 Å². The highest BCUT2D eigenvalue weighted by molar-refractivity contribution is 5.33. The second-order valence-corrected chi connectivity index (χ2v) is 6.18. The molecule has 1 saturated heterocycles. The van der Waals surface area contributed by atoms with Crippen molar-refractivity contribution in [1.29, 1.82) is 0 Å². The summed E-state index contributed by atoms with van der Waals surface area (Å²) in [5.41, 5.74) is 1.28. The highest BCUT2D eigenvalue weighted by Crippen LogP contribution is 2.22. The van der Waals surface area contributed by atoms with Gasteiger partial charge < -0.3 is 10.1 Å². The molecule has 0 spiro atoms. The van der Waals surface area contributed by atoms with Crippen LogP contribution in [0.3, 0.4) is 0 Å². The molecule has 1 fully saturated rings. The van der Waals surface area contributed by atoms with Crippen LogP contribution < -0.4 is 10.1 Å². The Morgan fingerprint density at radius 3 is 2.80 bits per heavy atom. The van der Waals surface area contributed by atoms with Crippen LogP contribution in [0, 0.1) is 5.92 Å². The lowest BCUT2D eigenvalue weighted by Crippen LogP contribution is -2.42. The van der Waals surface area contributed by atoms with E-state index in [2.05, 4.69) is 49.2 Å². The number of hydrogen-bond donors (Lipinski definition) is 1. The van der Waals surface area contributed by atoms with Gasteiger partial charge in [0.2, 0.25) is 0 Å². The summed E-state index contributed by atoms with van der Waals surface area (Å²) in [5, 5.41) is 3.68. The number of benzene rings is 1. The van der Waals surface area contributed by atoms with Crippen LogP contribution in [0.5, 0.6) is 5.75 Å². The van der Waals surface area contributed by atoms with Crippen LogP contribution in [0.2, 0.25) is 0 Å². The Hall–Kier alpha value is -1.06. The fraction of sp³-hybridized carbons (Fsp3) is 0.647. The standard InChI is InChI=1S/C17H28N2O/c1-13(2)16-12-19(14(3)9-10-18-16)11-15-7-5-6-8-17(15)20-4/h5-8,13-14,16,18H,9-12H2,1-4H3. The van der Waals surface area contributed by atoms with Crippen molar-refractivity contribution in [2.45, 2.75) is 45.8 Å². The third kappa shape index (κ3) is 3.74. The van der Waals surface area contributed by atoms with E-state index in [1.54, 1.807) is 7.11 Å². The van der Waals surface area contributed by atoms with Crippen molar-refractivity contribution < 1.29 is 4.74 Å². The average Bonchev–Trinajstić information content (AvgIpc) is 2.62. The average molecular weight is 276 g/mol. The summed E-state index contributed by atoms with van der Waals surface area (Å²) < 4.78 is 5.49. The van der Waals surface area contributed by atoms with Crippen LogP contribution in [0.25, 0.3) is 0 Å². The molecule has 1 aromatic carbocycles. The molecule has 3 heteroatoms. The van der Waals surface area contributed by atoms with E-state index in [4.69, 9.17) is 4.74 Å². The summed E-state index contributed by atoms with van der Waals surface area (Å²) in [6, 6.07) is 9.54. The molecule has 112 valence electrons. The lowest BCUT2D eigenvalue weighted by atomic mass is 10.0. The van der Waals surface area contributed by atoms with Gasteiger partial charge in [-0.2, -0.15) is 0 Å². The molecule has 20 heavy (non-hydrogen) atoms. The van der Waals surface area contributed by atoms with Gasteiger partial charge in [0.25, 0.3) is 0 Å². The molecule has 0 aliphatic carbocycles. The predicted octanol–water partition coefficient (Wildman–Crippen LogP) is 2.90. The molecule has 1 heterocycles. The van der Waals surface area contributed by atoms with Gasteiger partial charge in [-0.3, -0.25) is 4.90 Å². The zero-order valence-electron chi connectivity index (χ0n) is 13.2. The van der Waals surface area contributed by atoms with Gasteiger partial charge in [-0.25, -0.2) is 0 Å². The van der Waals surface area contributed by atoms with E-state index in [9.17, 15) is 0 Å². The van der Waals surface area contributed by atoms with Crippen LogP contribution in [-0.4, -0.2) is 37.2 Å². The summed E-state index contributed by atoms with van der Waals surface area (Å²) in [5.74, 6) is 1.67. The van der Waals surface area contributed by atoms with Crippen molar-refractivity contribution in [3.05, 3.63) is 29.8 Å². The van der Waals surface area contributed by atoms with E-state index in [-0.39, 0.29) is 0 Å². The van der Waals surface area contributed by atoms with Gasteiger partial charge in [-0.05, 0) is 31.9 Å². The van der Waals surface area contributed by atoms with Crippen molar-refractivity contribution in [3.8, 4) is 5.75 Å². The molecule has 0 aromatic heterocycles. The number of nitrogens with zero attached hydrogens (tertiary/aromatic N) is 1. The molecule has 0 saturated carbocycles. The number of methoxy groups -OCH3 is 1. The Balaban J connectivity index is 2.12. The van der Waals surface area contributed by atoms with Crippen LogP contribution in [0.15, 0.2) is 24.3 Å². The fourth-order valence-corrected chi connectivity index (χ4v) is 2.88. The Bertz CT molecular complexity index is 419. The van der Waals surface area contributed by atoms with Crippen molar-refractivity contribution in [2.75, 3.05) is 20.2 Å². The Kier molecular flexibility index (Phi) is 5.44. The topological polar surface area (TPSA) is 24.5 Å². The Morgan fingerprint density at radius 2 is 2.10 bits per heavy atom. The molecule has 1 N–H and O–H groups in total. The van der Waals surface area contributed by atoms with Crippen molar-refractivity contribution in [3.63, 3.8) is 0 Å². The summed E-state index contributed by atoms with van der Waals surface area (Å²) in [4.78, 5) is 2.59. The van der Waals surface area contributed by atoms with Crippen LogP contribution >= 0.6 is 0 Å². The highest BCUT2D eigenvalue weighted by atomic mass is 16.5. The van der Waals surface area contributed by atoms with Crippen LogP contribution in [-0.2, 0) is 6.54 Å². The minimum absolute atomic E-state index is 0.578. The van der Waals surface area contributed by atoms with Crippen LogP contribution in [0.1, 0.15) is 32.8 Å². The molecule has 0 amide bonds. The van der Waals surface area contributed by atoms with Crippen molar-refractivity contribution in [1.82, 2.24) is 10.2 Å². The van der Waals surface area contributed by atoms with E-state index >= 15 is 0 Å². The van der Waals surface area contributed by atoms with E-state index in [1.165, 1.54) is 12.0 Å². The highest BCUT2D eigenvalue weighted by Gasteiger charge is 2.25. The van der Waals surface area contributed by atoms with Gasteiger partial charge in [0.1, 0.15) is 5.75 Å². The maximum atomic E-state index is 5.49. The first-order valence-electron chi connectivity index (χ1n) is 7.71. The lowest BCUT2D eigenvalue weighted by Gasteiger charge is -2.31. The molecule has 3 nitrogen and oxygen atoms in total. The maximum absolute atomic E-state index is 5.49. The summed E-state index contributed by atoms with van der Waals surface area (Å²) >= 11 is 0. The SMILES string of the molecule is COc1ccccc1CN1CC(C(C)C)NCCC1C. The van der Waals surface area contributed by atoms with E-state index in [0.29, 0.717) is 18.0 Å². The van der Waals surface area contributed by atoms with E-state index in [1.807, 2.05) is 6.07 Å². The lowest BCUT2D eigenvalue weighted by molar-refractivity contribution is 0.182. The zero-order valence-corrected chi connectivity index (χ0v) is 13.2. The number of para-hydroxylation sites is 1. The van der Waals surface area contributed by atoms with Gasteiger partial charge in [0, 0.05) is 30.7 Å². The maximum Gasteiger partial charge on any atom is 0.123 e. The largest absolute Gasteiger partial charge is 0.496 e. The van der Waals surface area contributed by atoms with E-state index in [0.717, 1.165) is 25.4 Å². The molecule has 2 rings (SSSR count). The number of ether oxygens (including phenoxy) is 1. The Morgan fingerprint density at radius 1 is 1.35 bits per heavy atom. The Labute approximate surface area is 123 Å². The van der Waals surface area contributed by atoms with Crippen molar-refractivity contribution >= 4 is 0 Å². The normalized spacial score (nSPS) is 24.6. The molecule has 1 aliphatic heterocycles.